The lowest BCUT2D eigenvalue weighted by Gasteiger charge is -2.34. The average Bonchev–Trinajstić information content (AvgIpc) is 2.68. The van der Waals surface area contributed by atoms with Crippen LogP contribution in [0.25, 0.3) is 0 Å². The fourth-order valence-electron chi connectivity index (χ4n) is 3.04. The van der Waals surface area contributed by atoms with Crippen LogP contribution in [0.3, 0.4) is 0 Å². The van der Waals surface area contributed by atoms with Gasteiger partial charge in [0.15, 0.2) is 0 Å². The highest BCUT2D eigenvalue weighted by Crippen LogP contribution is 2.22. The first-order valence-corrected chi connectivity index (χ1v) is 10.9. The summed E-state index contributed by atoms with van der Waals surface area (Å²) in [5, 5.41) is 0.375. The summed E-state index contributed by atoms with van der Waals surface area (Å²) >= 11 is 5.92. The van der Waals surface area contributed by atoms with E-state index in [1.165, 1.54) is 16.4 Å². The van der Waals surface area contributed by atoms with Crippen LogP contribution in [0.15, 0.2) is 53.4 Å². The maximum Gasteiger partial charge on any atom is 0.253 e. The number of hydrogen-bond acceptors (Lipinski definition) is 4. The second-order valence-corrected chi connectivity index (χ2v) is 9.22. The molecule has 1 aliphatic heterocycles. The molecular formula is C20H23ClN2O4S. The Bertz CT molecular complexity index is 937. The Balaban J connectivity index is 1.64. The van der Waals surface area contributed by atoms with Crippen LogP contribution in [0.1, 0.15) is 24.2 Å². The number of amides is 1. The molecule has 8 heteroatoms. The highest BCUT2D eigenvalue weighted by atomic mass is 35.5. The number of carbonyl (C=O) groups is 1. The quantitative estimate of drug-likeness (QED) is 0.741. The Kier molecular flexibility index (Phi) is 6.27. The van der Waals surface area contributed by atoms with E-state index in [2.05, 4.69) is 0 Å². The SMILES string of the molecule is CC(C)Oc1ccc(C(=O)N2CCN(S(=O)(=O)c3cccc(Cl)c3)CC2)cc1. The van der Waals surface area contributed by atoms with E-state index in [9.17, 15) is 13.2 Å². The molecule has 0 N–H and O–H groups in total. The Morgan fingerprint density at radius 3 is 2.25 bits per heavy atom. The van der Waals surface area contributed by atoms with Crippen LogP contribution in [0.4, 0.5) is 0 Å². The van der Waals surface area contributed by atoms with Crippen LogP contribution in [0.5, 0.6) is 5.75 Å². The lowest BCUT2D eigenvalue weighted by atomic mass is 10.2. The number of hydrogen-bond donors (Lipinski definition) is 0. The zero-order valence-electron chi connectivity index (χ0n) is 15.8. The highest BCUT2D eigenvalue weighted by Gasteiger charge is 2.30. The van der Waals surface area contributed by atoms with Gasteiger partial charge in [-0.15, -0.1) is 0 Å². The van der Waals surface area contributed by atoms with Crippen molar-refractivity contribution in [3.63, 3.8) is 0 Å². The molecule has 2 aromatic rings. The minimum Gasteiger partial charge on any atom is -0.491 e. The van der Waals surface area contributed by atoms with Gasteiger partial charge in [-0.1, -0.05) is 17.7 Å². The molecule has 0 saturated carbocycles. The van der Waals surface area contributed by atoms with Crippen molar-refractivity contribution < 1.29 is 17.9 Å². The van der Waals surface area contributed by atoms with Gasteiger partial charge in [-0.05, 0) is 56.3 Å². The minimum absolute atomic E-state index is 0.0658. The van der Waals surface area contributed by atoms with Gasteiger partial charge in [0.1, 0.15) is 5.75 Å². The number of halogens is 1. The molecule has 3 rings (SSSR count). The smallest absolute Gasteiger partial charge is 0.253 e. The third-order valence-electron chi connectivity index (χ3n) is 4.43. The van der Waals surface area contributed by atoms with Crippen molar-refractivity contribution in [2.24, 2.45) is 0 Å². The topological polar surface area (TPSA) is 66.9 Å². The molecule has 0 unspecified atom stereocenters. The molecule has 0 aromatic heterocycles. The molecule has 6 nitrogen and oxygen atoms in total. The maximum atomic E-state index is 12.8. The molecule has 150 valence electrons. The van der Waals surface area contributed by atoms with E-state index >= 15 is 0 Å². The zero-order valence-corrected chi connectivity index (χ0v) is 17.4. The predicted octanol–water partition coefficient (Wildman–Crippen LogP) is 3.27. The monoisotopic (exact) mass is 422 g/mol. The lowest BCUT2D eigenvalue weighted by Crippen LogP contribution is -2.50. The molecule has 2 aromatic carbocycles. The minimum atomic E-state index is -3.62. The third kappa shape index (κ3) is 4.66. The number of nitrogens with zero attached hydrogens (tertiary/aromatic N) is 2. The van der Waals surface area contributed by atoms with Crippen LogP contribution in [0.2, 0.25) is 5.02 Å². The summed E-state index contributed by atoms with van der Waals surface area (Å²) in [7, 11) is -3.62. The average molecular weight is 423 g/mol. The molecule has 0 aliphatic carbocycles. The Morgan fingerprint density at radius 2 is 1.68 bits per heavy atom. The summed E-state index contributed by atoms with van der Waals surface area (Å²) < 4.78 is 32.5. The molecule has 0 bridgehead atoms. The van der Waals surface area contributed by atoms with Gasteiger partial charge in [-0.3, -0.25) is 4.79 Å². The van der Waals surface area contributed by atoms with Crippen molar-refractivity contribution in [3.05, 3.63) is 59.1 Å². The number of sulfonamides is 1. The highest BCUT2D eigenvalue weighted by molar-refractivity contribution is 7.89. The summed E-state index contributed by atoms with van der Waals surface area (Å²) in [5.74, 6) is 0.597. The van der Waals surface area contributed by atoms with Crippen molar-refractivity contribution in [2.45, 2.75) is 24.8 Å². The Labute approximate surface area is 170 Å². The van der Waals surface area contributed by atoms with Crippen LogP contribution >= 0.6 is 11.6 Å². The van der Waals surface area contributed by atoms with Crippen LogP contribution in [-0.2, 0) is 10.0 Å². The van der Waals surface area contributed by atoms with E-state index in [0.29, 0.717) is 29.4 Å². The fourth-order valence-corrected chi connectivity index (χ4v) is 4.76. The molecule has 28 heavy (non-hydrogen) atoms. The third-order valence-corrected chi connectivity index (χ3v) is 6.56. The first kappa shape index (κ1) is 20.6. The standard InChI is InChI=1S/C20H23ClN2O4S/c1-15(2)27-18-8-6-16(7-9-18)20(24)22-10-12-23(13-11-22)28(25,26)19-5-3-4-17(21)14-19/h3-9,14-15H,10-13H2,1-2H3. The molecule has 1 saturated heterocycles. The van der Waals surface area contributed by atoms with E-state index in [-0.39, 0.29) is 30.0 Å². The molecule has 1 heterocycles. The van der Waals surface area contributed by atoms with E-state index in [0.717, 1.165) is 0 Å². The van der Waals surface area contributed by atoms with Gasteiger partial charge < -0.3 is 9.64 Å². The summed E-state index contributed by atoms with van der Waals surface area (Å²) in [6.07, 6.45) is 0.0658. The van der Waals surface area contributed by atoms with Gasteiger partial charge in [0, 0.05) is 36.8 Å². The normalized spacial score (nSPS) is 15.6. The largest absolute Gasteiger partial charge is 0.491 e. The Hall–Kier alpha value is -2.09. The molecule has 1 aliphatic rings. The van der Waals surface area contributed by atoms with E-state index in [1.807, 2.05) is 13.8 Å². The molecular weight excluding hydrogens is 400 g/mol. The lowest BCUT2D eigenvalue weighted by molar-refractivity contribution is 0.0698. The number of benzene rings is 2. The number of carbonyl (C=O) groups excluding carboxylic acids is 1. The zero-order chi connectivity index (χ0) is 20.3. The van der Waals surface area contributed by atoms with Gasteiger partial charge >= 0.3 is 0 Å². The van der Waals surface area contributed by atoms with Crippen LogP contribution in [-0.4, -0.2) is 55.8 Å². The second kappa shape index (κ2) is 8.51. The van der Waals surface area contributed by atoms with Crippen LogP contribution in [0, 0.1) is 0 Å². The van der Waals surface area contributed by atoms with E-state index < -0.39 is 10.0 Å². The van der Waals surface area contributed by atoms with Crippen molar-refractivity contribution >= 4 is 27.5 Å². The molecule has 1 fully saturated rings. The molecule has 0 spiro atoms. The van der Waals surface area contributed by atoms with Gasteiger partial charge in [0.25, 0.3) is 5.91 Å². The van der Waals surface area contributed by atoms with Crippen molar-refractivity contribution in [1.29, 1.82) is 0 Å². The van der Waals surface area contributed by atoms with E-state index in [1.54, 1.807) is 41.3 Å². The molecule has 0 atom stereocenters. The number of ether oxygens (including phenoxy) is 1. The fraction of sp³-hybridized carbons (Fsp3) is 0.350. The van der Waals surface area contributed by atoms with Crippen molar-refractivity contribution in [1.82, 2.24) is 9.21 Å². The summed E-state index contributed by atoms with van der Waals surface area (Å²) in [5.41, 5.74) is 0.558. The van der Waals surface area contributed by atoms with Gasteiger partial charge in [-0.25, -0.2) is 8.42 Å². The van der Waals surface area contributed by atoms with Gasteiger partial charge in [0.05, 0.1) is 11.0 Å². The number of piperazine rings is 1. The van der Waals surface area contributed by atoms with Crippen LogP contribution < -0.4 is 4.74 Å². The van der Waals surface area contributed by atoms with Gasteiger partial charge in [-0.2, -0.15) is 4.31 Å². The maximum absolute atomic E-state index is 12.8. The number of rotatable bonds is 5. The van der Waals surface area contributed by atoms with Crippen molar-refractivity contribution in [3.8, 4) is 5.75 Å². The first-order valence-electron chi connectivity index (χ1n) is 9.09. The Morgan fingerprint density at radius 1 is 1.04 bits per heavy atom. The predicted molar refractivity (Wildman–Crippen MR) is 108 cm³/mol. The summed E-state index contributed by atoms with van der Waals surface area (Å²) in [6.45, 7) is 5.04. The second-order valence-electron chi connectivity index (χ2n) is 6.84. The first-order chi connectivity index (χ1) is 13.3. The summed E-state index contributed by atoms with van der Waals surface area (Å²) in [6, 6.07) is 13.2. The molecule has 0 radical (unpaired) electrons. The van der Waals surface area contributed by atoms with E-state index in [4.69, 9.17) is 16.3 Å². The summed E-state index contributed by atoms with van der Waals surface area (Å²) in [4.78, 5) is 14.5. The van der Waals surface area contributed by atoms with Gasteiger partial charge in [0.2, 0.25) is 10.0 Å². The molecule has 1 amide bonds. The van der Waals surface area contributed by atoms with Crippen molar-refractivity contribution in [2.75, 3.05) is 26.2 Å².